The van der Waals surface area contributed by atoms with Crippen molar-refractivity contribution in [2.24, 2.45) is 5.92 Å². The summed E-state index contributed by atoms with van der Waals surface area (Å²) in [5.41, 5.74) is 1.12. The second-order valence-electron chi connectivity index (χ2n) is 6.32. The highest BCUT2D eigenvalue weighted by Gasteiger charge is 2.30. The Kier molecular flexibility index (Phi) is 4.99. The molecule has 1 aromatic carbocycles. The van der Waals surface area contributed by atoms with Crippen LogP contribution in [0.2, 0.25) is 0 Å². The Balaban J connectivity index is 1.50. The molecule has 5 nitrogen and oxygen atoms in total. The van der Waals surface area contributed by atoms with Crippen LogP contribution >= 0.6 is 0 Å². The predicted molar refractivity (Wildman–Crippen MR) is 90.3 cm³/mol. The third-order valence-corrected chi connectivity index (χ3v) is 4.46. The minimum absolute atomic E-state index is 0.0902. The van der Waals surface area contributed by atoms with E-state index in [1.807, 2.05) is 37.4 Å². The first-order valence-corrected chi connectivity index (χ1v) is 8.24. The number of hydrogen-bond acceptors (Lipinski definition) is 3. The molecule has 0 N–H and O–H groups in total. The maximum atomic E-state index is 12.4. The molecule has 0 spiro atoms. The molecule has 2 amide bonds. The third-order valence-electron chi connectivity index (χ3n) is 4.46. The van der Waals surface area contributed by atoms with Crippen LogP contribution in [0, 0.1) is 5.92 Å². The Morgan fingerprint density at radius 3 is 2.71 bits per heavy atom. The molecule has 1 fully saturated rings. The van der Waals surface area contributed by atoms with Gasteiger partial charge in [0.1, 0.15) is 0 Å². The van der Waals surface area contributed by atoms with E-state index in [4.69, 9.17) is 4.42 Å². The quantitative estimate of drug-likeness (QED) is 0.849. The number of furan rings is 1. The van der Waals surface area contributed by atoms with E-state index in [-0.39, 0.29) is 17.7 Å². The second kappa shape index (κ2) is 7.34. The van der Waals surface area contributed by atoms with E-state index in [1.165, 1.54) is 6.26 Å². The van der Waals surface area contributed by atoms with Crippen molar-refractivity contribution in [2.45, 2.75) is 19.4 Å². The maximum absolute atomic E-state index is 12.4. The van der Waals surface area contributed by atoms with Gasteiger partial charge < -0.3 is 14.2 Å². The molecule has 24 heavy (non-hydrogen) atoms. The lowest BCUT2D eigenvalue weighted by atomic mass is 10.0. The molecule has 0 radical (unpaired) electrons. The van der Waals surface area contributed by atoms with Crippen LogP contribution in [-0.4, -0.2) is 41.8 Å². The van der Waals surface area contributed by atoms with E-state index in [0.717, 1.165) is 12.0 Å². The van der Waals surface area contributed by atoms with Crippen LogP contribution in [-0.2, 0) is 11.3 Å². The summed E-state index contributed by atoms with van der Waals surface area (Å²) in [6.45, 7) is 1.91. The smallest absolute Gasteiger partial charge is 0.289 e. The third kappa shape index (κ3) is 3.85. The fraction of sp³-hybridized carbons (Fsp3) is 0.368. The normalized spacial score (nSPS) is 17.0. The Bertz CT molecular complexity index is 682. The summed E-state index contributed by atoms with van der Waals surface area (Å²) in [5, 5.41) is 0. The molecule has 3 rings (SSSR count). The van der Waals surface area contributed by atoms with Crippen molar-refractivity contribution in [1.82, 2.24) is 9.80 Å². The number of rotatable bonds is 5. The van der Waals surface area contributed by atoms with Gasteiger partial charge in [-0.05, 0) is 30.0 Å². The zero-order valence-corrected chi connectivity index (χ0v) is 13.9. The molecule has 0 bridgehead atoms. The summed E-state index contributed by atoms with van der Waals surface area (Å²) >= 11 is 0. The molecule has 5 heteroatoms. The molecule has 2 heterocycles. The van der Waals surface area contributed by atoms with Gasteiger partial charge in [0, 0.05) is 33.1 Å². The maximum Gasteiger partial charge on any atom is 0.289 e. The number of benzene rings is 1. The molecule has 0 aliphatic carbocycles. The fourth-order valence-electron chi connectivity index (χ4n) is 3.09. The average molecular weight is 326 g/mol. The van der Waals surface area contributed by atoms with Crippen LogP contribution in [0.3, 0.4) is 0 Å². The van der Waals surface area contributed by atoms with E-state index in [1.54, 1.807) is 21.9 Å². The molecule has 2 aromatic rings. The fourth-order valence-corrected chi connectivity index (χ4v) is 3.09. The summed E-state index contributed by atoms with van der Waals surface area (Å²) in [7, 11) is 1.83. The van der Waals surface area contributed by atoms with Crippen molar-refractivity contribution in [2.75, 3.05) is 20.1 Å². The first-order valence-electron chi connectivity index (χ1n) is 8.24. The molecule has 126 valence electrons. The monoisotopic (exact) mass is 326 g/mol. The van der Waals surface area contributed by atoms with Crippen LogP contribution in [0.4, 0.5) is 0 Å². The van der Waals surface area contributed by atoms with Gasteiger partial charge in [-0.1, -0.05) is 30.3 Å². The average Bonchev–Trinajstić information content (AvgIpc) is 3.27. The van der Waals surface area contributed by atoms with Crippen LogP contribution in [0.15, 0.2) is 53.1 Å². The number of carbonyl (C=O) groups is 2. The summed E-state index contributed by atoms with van der Waals surface area (Å²) < 4.78 is 5.16. The molecule has 1 aliphatic rings. The summed E-state index contributed by atoms with van der Waals surface area (Å²) in [6.07, 6.45) is 2.84. The van der Waals surface area contributed by atoms with Gasteiger partial charge in [-0.3, -0.25) is 9.59 Å². The molecule has 0 saturated carbocycles. The Morgan fingerprint density at radius 2 is 2.00 bits per heavy atom. The lowest BCUT2D eigenvalue weighted by Crippen LogP contribution is -2.31. The van der Waals surface area contributed by atoms with E-state index >= 15 is 0 Å². The Morgan fingerprint density at radius 1 is 1.21 bits per heavy atom. The standard InChI is InChI=1S/C19H22N2O3/c1-20(13-15-6-3-2-4-7-15)18(22)12-16-9-10-21(14-16)19(23)17-8-5-11-24-17/h2-8,11,16H,9-10,12-14H2,1H3. The molecular formula is C19H22N2O3. The minimum atomic E-state index is -0.0902. The van der Waals surface area contributed by atoms with Gasteiger partial charge in [0.15, 0.2) is 5.76 Å². The molecule has 1 unspecified atom stereocenters. The lowest BCUT2D eigenvalue weighted by molar-refractivity contribution is -0.131. The van der Waals surface area contributed by atoms with E-state index in [2.05, 4.69) is 0 Å². The molecule has 1 atom stereocenters. The van der Waals surface area contributed by atoms with Gasteiger partial charge in [0.05, 0.1) is 6.26 Å². The molecule has 1 aliphatic heterocycles. The highest BCUT2D eigenvalue weighted by molar-refractivity contribution is 5.91. The summed E-state index contributed by atoms with van der Waals surface area (Å²) in [5.74, 6) is 0.613. The van der Waals surface area contributed by atoms with Crippen molar-refractivity contribution in [3.05, 3.63) is 60.1 Å². The zero-order valence-electron chi connectivity index (χ0n) is 13.9. The molecule has 1 saturated heterocycles. The Labute approximate surface area is 141 Å². The van der Waals surface area contributed by atoms with Crippen LogP contribution < -0.4 is 0 Å². The molecular weight excluding hydrogens is 304 g/mol. The number of likely N-dealkylation sites (tertiary alicyclic amines) is 1. The van der Waals surface area contributed by atoms with Crippen molar-refractivity contribution in [3.63, 3.8) is 0 Å². The number of amides is 2. The highest BCUT2D eigenvalue weighted by atomic mass is 16.3. The van der Waals surface area contributed by atoms with Gasteiger partial charge >= 0.3 is 0 Å². The number of carbonyl (C=O) groups excluding carboxylic acids is 2. The van der Waals surface area contributed by atoms with Gasteiger partial charge in [-0.2, -0.15) is 0 Å². The van der Waals surface area contributed by atoms with Crippen molar-refractivity contribution in [1.29, 1.82) is 0 Å². The van der Waals surface area contributed by atoms with Gasteiger partial charge in [0.2, 0.25) is 5.91 Å². The van der Waals surface area contributed by atoms with E-state index in [9.17, 15) is 9.59 Å². The first-order chi connectivity index (χ1) is 11.6. The minimum Gasteiger partial charge on any atom is -0.459 e. The van der Waals surface area contributed by atoms with Crippen LogP contribution in [0.1, 0.15) is 29.0 Å². The molecule has 1 aromatic heterocycles. The van der Waals surface area contributed by atoms with Crippen molar-refractivity contribution in [3.8, 4) is 0 Å². The van der Waals surface area contributed by atoms with Crippen molar-refractivity contribution < 1.29 is 14.0 Å². The first kappa shape index (κ1) is 16.3. The summed E-state index contributed by atoms with van der Waals surface area (Å²) in [4.78, 5) is 28.2. The van der Waals surface area contributed by atoms with Gasteiger partial charge in [-0.15, -0.1) is 0 Å². The lowest BCUT2D eigenvalue weighted by Gasteiger charge is -2.20. The highest BCUT2D eigenvalue weighted by Crippen LogP contribution is 2.22. The second-order valence-corrected chi connectivity index (χ2v) is 6.32. The SMILES string of the molecule is CN(Cc1ccccc1)C(=O)CC1CCN(C(=O)c2ccco2)C1. The largest absolute Gasteiger partial charge is 0.459 e. The van der Waals surface area contributed by atoms with Crippen LogP contribution in [0.25, 0.3) is 0 Å². The van der Waals surface area contributed by atoms with Gasteiger partial charge in [0.25, 0.3) is 5.91 Å². The zero-order chi connectivity index (χ0) is 16.9. The van der Waals surface area contributed by atoms with Crippen LogP contribution in [0.5, 0.6) is 0 Å². The van der Waals surface area contributed by atoms with Gasteiger partial charge in [-0.25, -0.2) is 0 Å². The topological polar surface area (TPSA) is 53.8 Å². The van der Waals surface area contributed by atoms with E-state index < -0.39 is 0 Å². The van der Waals surface area contributed by atoms with Crippen molar-refractivity contribution >= 4 is 11.8 Å². The predicted octanol–water partition coefficient (Wildman–Crippen LogP) is 2.79. The summed E-state index contributed by atoms with van der Waals surface area (Å²) in [6, 6.07) is 13.3. The number of nitrogens with zero attached hydrogens (tertiary/aromatic N) is 2. The Hall–Kier alpha value is -2.56. The number of hydrogen-bond donors (Lipinski definition) is 0. The van der Waals surface area contributed by atoms with E-state index in [0.29, 0.717) is 31.8 Å².